The van der Waals surface area contributed by atoms with Crippen molar-refractivity contribution in [2.24, 2.45) is 0 Å². The van der Waals surface area contributed by atoms with Gasteiger partial charge in [-0.2, -0.15) is 0 Å². The molecule has 0 N–H and O–H groups in total. The molecule has 1 aromatic carbocycles. The summed E-state index contributed by atoms with van der Waals surface area (Å²) >= 11 is 0. The van der Waals surface area contributed by atoms with Crippen LogP contribution in [-0.2, 0) is 10.0 Å². The molecule has 0 amide bonds. The van der Waals surface area contributed by atoms with Crippen molar-refractivity contribution in [3.8, 4) is 11.3 Å². The summed E-state index contributed by atoms with van der Waals surface area (Å²) < 4.78 is 40.6. The lowest BCUT2D eigenvalue weighted by molar-refractivity contribution is 0.587. The SMILES string of the molecule is Cc1cc(-c2ccccc2F)n(S(=O)(=O)c2cccnc2)c1. The summed E-state index contributed by atoms with van der Waals surface area (Å²) in [4.78, 5) is 3.90. The van der Waals surface area contributed by atoms with Crippen LogP contribution in [0.5, 0.6) is 0 Å². The van der Waals surface area contributed by atoms with Gasteiger partial charge >= 0.3 is 0 Å². The average Bonchev–Trinajstić information content (AvgIpc) is 2.91. The first-order valence-electron chi connectivity index (χ1n) is 6.59. The van der Waals surface area contributed by atoms with Crippen molar-refractivity contribution in [3.63, 3.8) is 0 Å². The Morgan fingerprint density at radius 1 is 1.14 bits per heavy atom. The normalized spacial score (nSPS) is 11.5. The number of hydrogen-bond acceptors (Lipinski definition) is 3. The van der Waals surface area contributed by atoms with Crippen molar-refractivity contribution < 1.29 is 12.8 Å². The van der Waals surface area contributed by atoms with Crippen molar-refractivity contribution in [2.75, 3.05) is 0 Å². The second-order valence-electron chi connectivity index (χ2n) is 4.87. The molecule has 0 unspecified atom stereocenters. The molecule has 0 aliphatic heterocycles. The predicted molar refractivity (Wildman–Crippen MR) is 81.4 cm³/mol. The molecule has 112 valence electrons. The van der Waals surface area contributed by atoms with Gasteiger partial charge in [-0.25, -0.2) is 16.8 Å². The first-order chi connectivity index (χ1) is 10.5. The Bertz CT molecular complexity index is 918. The maximum absolute atomic E-state index is 14.0. The zero-order valence-corrected chi connectivity index (χ0v) is 12.6. The minimum Gasteiger partial charge on any atom is -0.263 e. The third-order valence-electron chi connectivity index (χ3n) is 3.26. The Balaban J connectivity index is 2.24. The van der Waals surface area contributed by atoms with Crippen LogP contribution in [0, 0.1) is 12.7 Å². The molecule has 0 saturated heterocycles. The number of nitrogens with zero attached hydrogens (tertiary/aromatic N) is 2. The van der Waals surface area contributed by atoms with Crippen molar-refractivity contribution in [2.45, 2.75) is 11.8 Å². The lowest BCUT2D eigenvalue weighted by Crippen LogP contribution is -2.13. The standard InChI is InChI=1S/C16H13FN2O2S/c1-12-9-16(14-6-2-3-7-15(14)17)19(11-12)22(20,21)13-5-4-8-18-10-13/h2-11H,1H3. The molecule has 22 heavy (non-hydrogen) atoms. The molecule has 0 aliphatic carbocycles. The van der Waals surface area contributed by atoms with E-state index in [4.69, 9.17) is 0 Å². The summed E-state index contributed by atoms with van der Waals surface area (Å²) in [7, 11) is -3.83. The predicted octanol–water partition coefficient (Wildman–Crippen LogP) is 3.23. The van der Waals surface area contributed by atoms with Crippen molar-refractivity contribution in [1.82, 2.24) is 8.96 Å². The summed E-state index contributed by atoms with van der Waals surface area (Å²) in [5.41, 5.74) is 1.26. The highest BCUT2D eigenvalue weighted by molar-refractivity contribution is 7.90. The van der Waals surface area contributed by atoms with Crippen LogP contribution in [-0.4, -0.2) is 17.4 Å². The number of rotatable bonds is 3. The highest BCUT2D eigenvalue weighted by Gasteiger charge is 2.22. The summed E-state index contributed by atoms with van der Waals surface area (Å²) in [5.74, 6) is -0.469. The molecule has 0 aliphatic rings. The molecule has 0 bridgehead atoms. The number of hydrogen-bond donors (Lipinski definition) is 0. The van der Waals surface area contributed by atoms with E-state index in [1.54, 1.807) is 37.3 Å². The Labute approximate surface area is 127 Å². The van der Waals surface area contributed by atoms with E-state index in [-0.39, 0.29) is 10.5 Å². The minimum atomic E-state index is -3.83. The van der Waals surface area contributed by atoms with Gasteiger partial charge in [-0.3, -0.25) is 4.98 Å². The van der Waals surface area contributed by atoms with Crippen LogP contribution < -0.4 is 0 Å². The van der Waals surface area contributed by atoms with Gasteiger partial charge in [0.15, 0.2) is 0 Å². The summed E-state index contributed by atoms with van der Waals surface area (Å²) in [6, 6.07) is 10.7. The second-order valence-corrected chi connectivity index (χ2v) is 6.69. The fourth-order valence-corrected chi connectivity index (χ4v) is 3.64. The molecule has 0 radical (unpaired) electrons. The second kappa shape index (κ2) is 5.38. The fourth-order valence-electron chi connectivity index (χ4n) is 2.25. The van der Waals surface area contributed by atoms with Gasteiger partial charge < -0.3 is 0 Å². The Hall–Kier alpha value is -2.47. The lowest BCUT2D eigenvalue weighted by atomic mass is 10.1. The van der Waals surface area contributed by atoms with Gasteiger partial charge in [0.05, 0.1) is 5.69 Å². The summed E-state index contributed by atoms with van der Waals surface area (Å²) in [6.45, 7) is 1.76. The van der Waals surface area contributed by atoms with E-state index in [1.165, 1.54) is 30.7 Å². The average molecular weight is 316 g/mol. The first kappa shape index (κ1) is 14.5. The Morgan fingerprint density at radius 2 is 1.91 bits per heavy atom. The van der Waals surface area contributed by atoms with Crippen LogP contribution in [0.3, 0.4) is 0 Å². The van der Waals surface area contributed by atoms with Crippen LogP contribution in [0.15, 0.2) is 66.0 Å². The number of pyridine rings is 1. The monoisotopic (exact) mass is 316 g/mol. The van der Waals surface area contributed by atoms with Gasteiger partial charge in [0.1, 0.15) is 10.7 Å². The van der Waals surface area contributed by atoms with Gasteiger partial charge in [0.2, 0.25) is 0 Å². The molecule has 0 saturated carbocycles. The van der Waals surface area contributed by atoms with Gasteiger partial charge in [-0.1, -0.05) is 12.1 Å². The Morgan fingerprint density at radius 3 is 2.59 bits per heavy atom. The molecule has 6 heteroatoms. The maximum atomic E-state index is 14.0. The van der Waals surface area contributed by atoms with Crippen LogP contribution >= 0.6 is 0 Å². The van der Waals surface area contributed by atoms with Crippen molar-refractivity contribution in [3.05, 3.63) is 72.4 Å². The minimum absolute atomic E-state index is 0.0585. The van der Waals surface area contributed by atoms with Crippen LogP contribution in [0.1, 0.15) is 5.56 Å². The van der Waals surface area contributed by atoms with Crippen molar-refractivity contribution >= 4 is 10.0 Å². The molecule has 4 nitrogen and oxygen atoms in total. The molecule has 3 aromatic rings. The number of aryl methyl sites for hydroxylation is 1. The number of halogens is 1. The third kappa shape index (κ3) is 2.42. The topological polar surface area (TPSA) is 52.0 Å². The zero-order chi connectivity index (χ0) is 15.7. The van der Waals surface area contributed by atoms with E-state index in [0.29, 0.717) is 5.69 Å². The zero-order valence-electron chi connectivity index (χ0n) is 11.8. The van der Waals surface area contributed by atoms with Gasteiger partial charge in [0, 0.05) is 24.2 Å². The molecular formula is C16H13FN2O2S. The summed E-state index contributed by atoms with van der Waals surface area (Å²) in [6.07, 6.45) is 4.25. The molecule has 2 heterocycles. The van der Waals surface area contributed by atoms with E-state index in [1.807, 2.05) is 0 Å². The molecule has 0 spiro atoms. The van der Waals surface area contributed by atoms with E-state index in [0.717, 1.165) is 9.54 Å². The van der Waals surface area contributed by atoms with E-state index in [9.17, 15) is 12.8 Å². The molecule has 0 fully saturated rings. The molecule has 3 rings (SSSR count). The largest absolute Gasteiger partial charge is 0.269 e. The van der Waals surface area contributed by atoms with E-state index >= 15 is 0 Å². The number of benzene rings is 1. The van der Waals surface area contributed by atoms with Gasteiger partial charge in [0.25, 0.3) is 10.0 Å². The van der Waals surface area contributed by atoms with E-state index in [2.05, 4.69) is 4.98 Å². The summed E-state index contributed by atoms with van der Waals surface area (Å²) in [5, 5.41) is 0. The van der Waals surface area contributed by atoms with E-state index < -0.39 is 15.8 Å². The first-order valence-corrected chi connectivity index (χ1v) is 8.03. The van der Waals surface area contributed by atoms with Crippen LogP contribution in [0.2, 0.25) is 0 Å². The molecule has 2 aromatic heterocycles. The molecular weight excluding hydrogens is 303 g/mol. The van der Waals surface area contributed by atoms with Crippen LogP contribution in [0.25, 0.3) is 11.3 Å². The van der Waals surface area contributed by atoms with Gasteiger partial charge in [-0.15, -0.1) is 0 Å². The quantitative estimate of drug-likeness (QED) is 0.745. The number of aromatic nitrogens is 2. The molecule has 0 atom stereocenters. The highest BCUT2D eigenvalue weighted by Crippen LogP contribution is 2.28. The van der Waals surface area contributed by atoms with Crippen molar-refractivity contribution in [1.29, 1.82) is 0 Å². The highest BCUT2D eigenvalue weighted by atomic mass is 32.2. The smallest absolute Gasteiger partial charge is 0.263 e. The van der Waals surface area contributed by atoms with Gasteiger partial charge in [-0.05, 0) is 42.8 Å². The lowest BCUT2D eigenvalue weighted by Gasteiger charge is -2.10. The van der Waals surface area contributed by atoms with Crippen LogP contribution in [0.4, 0.5) is 4.39 Å². The maximum Gasteiger partial charge on any atom is 0.269 e. The third-order valence-corrected chi connectivity index (χ3v) is 4.92. The fraction of sp³-hybridized carbons (Fsp3) is 0.0625. The Kier molecular flexibility index (Phi) is 3.54.